The fourth-order valence-corrected chi connectivity index (χ4v) is 3.34. The Labute approximate surface area is 104 Å². The molecule has 0 aromatic carbocycles. The summed E-state index contributed by atoms with van der Waals surface area (Å²) in [6.07, 6.45) is 4.06. The molecule has 4 nitrogen and oxygen atoms in total. The molecule has 17 heavy (non-hydrogen) atoms. The van der Waals surface area contributed by atoms with Crippen LogP contribution in [0.5, 0.6) is 0 Å². The summed E-state index contributed by atoms with van der Waals surface area (Å²) in [5.74, 6) is 0.556. The molecule has 3 aliphatic heterocycles. The summed E-state index contributed by atoms with van der Waals surface area (Å²) < 4.78 is 4.87. The Balaban J connectivity index is 2.09. The van der Waals surface area contributed by atoms with Crippen LogP contribution in [-0.2, 0) is 9.53 Å². The van der Waals surface area contributed by atoms with Crippen molar-refractivity contribution in [2.45, 2.75) is 38.1 Å². The van der Waals surface area contributed by atoms with Crippen LogP contribution in [0.1, 0.15) is 32.6 Å². The van der Waals surface area contributed by atoms with Crippen molar-refractivity contribution in [2.24, 2.45) is 5.92 Å². The van der Waals surface area contributed by atoms with E-state index in [0.29, 0.717) is 12.3 Å². The zero-order valence-electron chi connectivity index (χ0n) is 11.0. The second kappa shape index (κ2) is 5.36. The van der Waals surface area contributed by atoms with E-state index in [2.05, 4.69) is 17.1 Å². The van der Waals surface area contributed by atoms with E-state index in [1.165, 1.54) is 33.0 Å². The maximum atomic E-state index is 11.6. The van der Waals surface area contributed by atoms with E-state index in [4.69, 9.17) is 4.74 Å². The van der Waals surface area contributed by atoms with Crippen LogP contribution in [0.15, 0.2) is 0 Å². The van der Waals surface area contributed by atoms with Gasteiger partial charge in [0.25, 0.3) is 0 Å². The first-order valence-electron chi connectivity index (χ1n) is 6.74. The van der Waals surface area contributed by atoms with E-state index in [-0.39, 0.29) is 11.5 Å². The Morgan fingerprint density at radius 1 is 1.47 bits per heavy atom. The van der Waals surface area contributed by atoms with Gasteiger partial charge in [0.05, 0.1) is 13.5 Å². The van der Waals surface area contributed by atoms with Crippen molar-refractivity contribution >= 4 is 5.97 Å². The second-order valence-electron chi connectivity index (χ2n) is 5.39. The number of methoxy groups -OCH3 is 1. The Bertz CT molecular complexity index is 275. The van der Waals surface area contributed by atoms with Gasteiger partial charge in [0.15, 0.2) is 0 Å². The van der Waals surface area contributed by atoms with Crippen molar-refractivity contribution in [1.29, 1.82) is 0 Å². The van der Waals surface area contributed by atoms with Crippen LogP contribution in [0.4, 0.5) is 0 Å². The Kier molecular flexibility index (Phi) is 4.05. The topological polar surface area (TPSA) is 41.6 Å². The van der Waals surface area contributed by atoms with Crippen LogP contribution < -0.4 is 5.32 Å². The third kappa shape index (κ3) is 2.63. The van der Waals surface area contributed by atoms with Gasteiger partial charge in [0.1, 0.15) is 0 Å². The zero-order chi connectivity index (χ0) is 12.3. The normalized spacial score (nSPS) is 35.9. The smallest absolute Gasteiger partial charge is 0.307 e. The lowest BCUT2D eigenvalue weighted by molar-refractivity contribution is -0.145. The number of hydrogen-bond donors (Lipinski definition) is 1. The van der Waals surface area contributed by atoms with Crippen LogP contribution in [0.2, 0.25) is 0 Å². The monoisotopic (exact) mass is 240 g/mol. The average Bonchev–Trinajstić information content (AvgIpc) is 2.37. The number of rotatable bonds is 5. The number of carbonyl (C=O) groups excluding carboxylic acids is 1. The Hall–Kier alpha value is -0.610. The quantitative estimate of drug-likeness (QED) is 0.728. The lowest BCUT2D eigenvalue weighted by Gasteiger charge is -2.53. The highest BCUT2D eigenvalue weighted by Gasteiger charge is 2.47. The van der Waals surface area contributed by atoms with Gasteiger partial charge in [-0.1, -0.05) is 6.92 Å². The van der Waals surface area contributed by atoms with Gasteiger partial charge >= 0.3 is 5.97 Å². The van der Waals surface area contributed by atoms with Crippen LogP contribution in [0.25, 0.3) is 0 Å². The third-order valence-electron chi connectivity index (χ3n) is 4.29. The summed E-state index contributed by atoms with van der Waals surface area (Å²) in [6, 6.07) is 0. The molecule has 0 spiro atoms. The van der Waals surface area contributed by atoms with Crippen molar-refractivity contribution in [3.63, 3.8) is 0 Å². The fourth-order valence-electron chi connectivity index (χ4n) is 3.34. The molecule has 1 N–H and O–H groups in total. The molecule has 3 saturated heterocycles. The van der Waals surface area contributed by atoms with Crippen LogP contribution in [0.3, 0.4) is 0 Å². The van der Waals surface area contributed by atoms with Crippen LogP contribution in [0, 0.1) is 5.92 Å². The average molecular weight is 240 g/mol. The van der Waals surface area contributed by atoms with Crippen molar-refractivity contribution in [2.75, 3.05) is 33.3 Å². The summed E-state index contributed by atoms with van der Waals surface area (Å²) in [5, 5.41) is 3.64. The number of piperidine rings is 3. The van der Waals surface area contributed by atoms with E-state index < -0.39 is 0 Å². The molecule has 3 aliphatic rings. The molecule has 0 saturated carbocycles. The van der Waals surface area contributed by atoms with Gasteiger partial charge in [-0.2, -0.15) is 0 Å². The van der Waals surface area contributed by atoms with Crippen molar-refractivity contribution in [3.05, 3.63) is 0 Å². The fraction of sp³-hybridized carbons (Fsp3) is 0.923. The standard InChI is InChI=1S/C13H24N2O2/c1-3-6-14-13(9-12(16)17-2)10-15-7-4-11(13)5-8-15/h11,14H,3-10H2,1-2H3. The first-order valence-corrected chi connectivity index (χ1v) is 6.74. The molecule has 0 radical (unpaired) electrons. The molecule has 0 aromatic heterocycles. The number of nitrogens with zero attached hydrogens (tertiary/aromatic N) is 1. The molecule has 3 rings (SSSR count). The van der Waals surface area contributed by atoms with Gasteiger partial charge in [-0.15, -0.1) is 0 Å². The van der Waals surface area contributed by atoms with Gasteiger partial charge in [0.2, 0.25) is 0 Å². The highest BCUT2D eigenvalue weighted by molar-refractivity contribution is 5.71. The predicted octanol–water partition coefficient (Wildman–Crippen LogP) is 1.01. The molecule has 0 aromatic rings. The third-order valence-corrected chi connectivity index (χ3v) is 4.29. The molecule has 0 aliphatic carbocycles. The Morgan fingerprint density at radius 2 is 2.18 bits per heavy atom. The molecular formula is C13H24N2O2. The summed E-state index contributed by atoms with van der Waals surface area (Å²) >= 11 is 0. The number of nitrogens with one attached hydrogen (secondary N) is 1. The highest BCUT2D eigenvalue weighted by Crippen LogP contribution is 2.38. The second-order valence-corrected chi connectivity index (χ2v) is 5.39. The summed E-state index contributed by atoms with van der Waals surface area (Å²) in [7, 11) is 1.48. The SMILES string of the molecule is CCCNC1(CC(=O)OC)CN2CCC1CC2. The van der Waals surface area contributed by atoms with E-state index in [9.17, 15) is 4.79 Å². The minimum Gasteiger partial charge on any atom is -0.469 e. The molecular weight excluding hydrogens is 216 g/mol. The minimum atomic E-state index is -0.0812. The minimum absolute atomic E-state index is 0.0282. The van der Waals surface area contributed by atoms with Gasteiger partial charge in [-0.05, 0) is 44.8 Å². The number of ether oxygens (including phenoxy) is 1. The molecule has 1 unspecified atom stereocenters. The number of hydrogen-bond acceptors (Lipinski definition) is 4. The lowest BCUT2D eigenvalue weighted by atomic mass is 9.71. The molecule has 2 bridgehead atoms. The summed E-state index contributed by atoms with van der Waals surface area (Å²) in [5.41, 5.74) is -0.0282. The predicted molar refractivity (Wildman–Crippen MR) is 66.8 cm³/mol. The molecule has 0 amide bonds. The van der Waals surface area contributed by atoms with E-state index >= 15 is 0 Å². The van der Waals surface area contributed by atoms with E-state index in [1.54, 1.807) is 0 Å². The van der Waals surface area contributed by atoms with Crippen molar-refractivity contribution in [3.8, 4) is 0 Å². The summed E-state index contributed by atoms with van der Waals surface area (Å²) in [6.45, 7) is 6.55. The van der Waals surface area contributed by atoms with E-state index in [0.717, 1.165) is 19.5 Å². The summed E-state index contributed by atoms with van der Waals surface area (Å²) in [4.78, 5) is 14.1. The number of fused-ring (bicyclic) bond motifs is 3. The van der Waals surface area contributed by atoms with Crippen LogP contribution >= 0.6 is 0 Å². The van der Waals surface area contributed by atoms with Crippen molar-refractivity contribution < 1.29 is 9.53 Å². The molecule has 3 fully saturated rings. The van der Waals surface area contributed by atoms with Gasteiger partial charge < -0.3 is 15.0 Å². The Morgan fingerprint density at radius 3 is 2.65 bits per heavy atom. The maximum Gasteiger partial charge on any atom is 0.307 e. The zero-order valence-corrected chi connectivity index (χ0v) is 11.0. The molecule has 1 atom stereocenters. The van der Waals surface area contributed by atoms with E-state index in [1.807, 2.05) is 0 Å². The first-order chi connectivity index (χ1) is 8.20. The van der Waals surface area contributed by atoms with Gasteiger partial charge in [0, 0.05) is 12.1 Å². The van der Waals surface area contributed by atoms with Crippen molar-refractivity contribution in [1.82, 2.24) is 10.2 Å². The number of esters is 1. The van der Waals surface area contributed by atoms with Crippen LogP contribution in [-0.4, -0.2) is 49.7 Å². The van der Waals surface area contributed by atoms with Gasteiger partial charge in [-0.3, -0.25) is 4.79 Å². The van der Waals surface area contributed by atoms with Gasteiger partial charge in [-0.25, -0.2) is 0 Å². The largest absolute Gasteiger partial charge is 0.469 e. The highest BCUT2D eigenvalue weighted by atomic mass is 16.5. The molecule has 98 valence electrons. The first kappa shape index (κ1) is 12.8. The molecule has 4 heteroatoms. The molecule has 3 heterocycles. The lowest BCUT2D eigenvalue weighted by Crippen LogP contribution is -2.66. The maximum absolute atomic E-state index is 11.6. The number of carbonyl (C=O) groups is 1.